The Morgan fingerprint density at radius 1 is 1.18 bits per heavy atom. The van der Waals surface area contributed by atoms with Gasteiger partial charge in [-0.25, -0.2) is 0 Å². The van der Waals surface area contributed by atoms with Gasteiger partial charge in [0.2, 0.25) is 0 Å². The van der Waals surface area contributed by atoms with Gasteiger partial charge in [-0.3, -0.25) is 0 Å². The highest BCUT2D eigenvalue weighted by Gasteiger charge is 2.13. The molecule has 1 aromatic carbocycles. The molecule has 1 saturated carbocycles. The molecule has 2 rings (SSSR count). The van der Waals surface area contributed by atoms with Crippen molar-refractivity contribution < 1.29 is 4.74 Å². The van der Waals surface area contributed by atoms with Gasteiger partial charge in [0.1, 0.15) is 12.4 Å². The first kappa shape index (κ1) is 12.7. The van der Waals surface area contributed by atoms with Crippen molar-refractivity contribution >= 4 is 11.6 Å². The first-order valence-electron chi connectivity index (χ1n) is 6.39. The summed E-state index contributed by atoms with van der Waals surface area (Å²) >= 11 is 5.73. The topological polar surface area (TPSA) is 21.3 Å². The van der Waals surface area contributed by atoms with E-state index in [0.717, 1.165) is 30.5 Å². The molecule has 17 heavy (non-hydrogen) atoms. The predicted molar refractivity (Wildman–Crippen MR) is 71.8 cm³/mol. The molecule has 0 atom stereocenters. The third-order valence-corrected chi connectivity index (χ3v) is 3.55. The maximum Gasteiger partial charge on any atom is 0.119 e. The quantitative estimate of drug-likeness (QED) is 0.620. The molecule has 0 radical (unpaired) electrons. The van der Waals surface area contributed by atoms with E-state index in [-0.39, 0.29) is 0 Å². The van der Waals surface area contributed by atoms with Crippen LogP contribution in [0.3, 0.4) is 0 Å². The molecule has 0 spiro atoms. The van der Waals surface area contributed by atoms with E-state index >= 15 is 0 Å². The lowest BCUT2D eigenvalue weighted by atomic mass is 10.2. The zero-order valence-electron chi connectivity index (χ0n) is 10.1. The number of nitrogens with one attached hydrogen (secondary N) is 1. The van der Waals surface area contributed by atoms with Crippen molar-refractivity contribution in [3.05, 3.63) is 29.8 Å². The summed E-state index contributed by atoms with van der Waals surface area (Å²) < 4.78 is 5.66. The Morgan fingerprint density at radius 2 is 1.88 bits per heavy atom. The zero-order chi connectivity index (χ0) is 11.9. The number of halogens is 1. The van der Waals surface area contributed by atoms with Gasteiger partial charge in [-0.2, -0.15) is 0 Å². The first-order valence-corrected chi connectivity index (χ1v) is 6.93. The van der Waals surface area contributed by atoms with Crippen LogP contribution in [0.15, 0.2) is 24.3 Å². The first-order chi connectivity index (χ1) is 8.38. The monoisotopic (exact) mass is 253 g/mol. The molecule has 0 bridgehead atoms. The number of hydrogen-bond donors (Lipinski definition) is 1. The average Bonchev–Trinajstić information content (AvgIpc) is 2.88. The highest BCUT2D eigenvalue weighted by atomic mass is 35.5. The van der Waals surface area contributed by atoms with E-state index in [0.29, 0.717) is 5.88 Å². The van der Waals surface area contributed by atoms with Crippen LogP contribution < -0.4 is 10.1 Å². The molecule has 94 valence electrons. The molecule has 0 amide bonds. The van der Waals surface area contributed by atoms with E-state index in [2.05, 4.69) is 5.32 Å². The Kier molecular flexibility index (Phi) is 5.14. The van der Waals surface area contributed by atoms with E-state index < -0.39 is 0 Å². The summed E-state index contributed by atoms with van der Waals surface area (Å²) in [5, 5.41) is 3.53. The minimum atomic E-state index is 0.559. The molecule has 1 aliphatic carbocycles. The van der Waals surface area contributed by atoms with E-state index in [1.807, 2.05) is 24.3 Å². The number of rotatable bonds is 6. The van der Waals surface area contributed by atoms with E-state index in [1.165, 1.54) is 25.7 Å². The van der Waals surface area contributed by atoms with Crippen molar-refractivity contribution in [2.75, 3.05) is 13.2 Å². The van der Waals surface area contributed by atoms with Crippen molar-refractivity contribution in [3.63, 3.8) is 0 Å². The van der Waals surface area contributed by atoms with Gasteiger partial charge in [0.15, 0.2) is 0 Å². The fraction of sp³-hybridized carbons (Fsp3) is 0.571. The minimum absolute atomic E-state index is 0.559. The van der Waals surface area contributed by atoms with Crippen molar-refractivity contribution in [1.29, 1.82) is 0 Å². The van der Waals surface area contributed by atoms with Gasteiger partial charge in [-0.15, -0.1) is 11.6 Å². The van der Waals surface area contributed by atoms with Crippen LogP contribution in [-0.2, 0) is 5.88 Å². The van der Waals surface area contributed by atoms with Crippen molar-refractivity contribution in [1.82, 2.24) is 5.32 Å². The van der Waals surface area contributed by atoms with E-state index in [1.54, 1.807) is 0 Å². The highest BCUT2D eigenvalue weighted by Crippen LogP contribution is 2.17. The molecule has 0 unspecified atom stereocenters. The average molecular weight is 254 g/mol. The second-order valence-electron chi connectivity index (χ2n) is 4.56. The van der Waals surface area contributed by atoms with Crippen LogP contribution in [0.4, 0.5) is 0 Å². The molecule has 1 N–H and O–H groups in total. The zero-order valence-corrected chi connectivity index (χ0v) is 10.9. The summed E-state index contributed by atoms with van der Waals surface area (Å²) in [5.41, 5.74) is 1.13. The van der Waals surface area contributed by atoms with Gasteiger partial charge in [0.25, 0.3) is 0 Å². The van der Waals surface area contributed by atoms with Crippen LogP contribution in [0.25, 0.3) is 0 Å². The molecular formula is C14H20ClNO. The lowest BCUT2D eigenvalue weighted by Gasteiger charge is -2.12. The molecule has 1 aliphatic rings. The van der Waals surface area contributed by atoms with E-state index in [9.17, 15) is 0 Å². The van der Waals surface area contributed by atoms with Gasteiger partial charge < -0.3 is 10.1 Å². The van der Waals surface area contributed by atoms with Gasteiger partial charge in [0, 0.05) is 18.5 Å². The fourth-order valence-electron chi connectivity index (χ4n) is 2.24. The Hall–Kier alpha value is -0.730. The van der Waals surface area contributed by atoms with Crippen LogP contribution in [0.2, 0.25) is 0 Å². The van der Waals surface area contributed by atoms with Crippen LogP contribution >= 0.6 is 11.6 Å². The number of hydrogen-bond acceptors (Lipinski definition) is 2. The summed E-state index contributed by atoms with van der Waals surface area (Å²) in [4.78, 5) is 0. The Balaban J connectivity index is 1.63. The van der Waals surface area contributed by atoms with Gasteiger partial charge in [-0.05, 0) is 30.5 Å². The molecule has 2 nitrogen and oxygen atoms in total. The fourth-order valence-corrected chi connectivity index (χ4v) is 2.41. The summed E-state index contributed by atoms with van der Waals surface area (Å²) in [6.45, 7) is 1.67. The van der Waals surface area contributed by atoms with Crippen molar-refractivity contribution in [3.8, 4) is 5.75 Å². The lowest BCUT2D eigenvalue weighted by Crippen LogP contribution is -2.30. The minimum Gasteiger partial charge on any atom is -0.492 e. The molecular weight excluding hydrogens is 234 g/mol. The third kappa shape index (κ3) is 4.21. The summed E-state index contributed by atoms with van der Waals surface area (Å²) in [6.07, 6.45) is 5.39. The van der Waals surface area contributed by atoms with Crippen molar-refractivity contribution in [2.45, 2.75) is 37.6 Å². The molecule has 0 saturated heterocycles. The second-order valence-corrected chi connectivity index (χ2v) is 4.83. The maximum absolute atomic E-state index is 5.73. The lowest BCUT2D eigenvalue weighted by molar-refractivity contribution is 0.305. The summed E-state index contributed by atoms with van der Waals surface area (Å²) in [5.74, 6) is 1.48. The molecule has 0 aliphatic heterocycles. The van der Waals surface area contributed by atoms with Crippen molar-refractivity contribution in [2.24, 2.45) is 0 Å². The smallest absolute Gasteiger partial charge is 0.119 e. The SMILES string of the molecule is ClCc1ccc(OCCNC2CCCC2)cc1. The van der Waals surface area contributed by atoms with Crippen LogP contribution in [0, 0.1) is 0 Å². The van der Waals surface area contributed by atoms with Gasteiger partial charge in [0.05, 0.1) is 0 Å². The predicted octanol–water partition coefficient (Wildman–Crippen LogP) is 3.34. The Morgan fingerprint density at radius 3 is 2.53 bits per heavy atom. The van der Waals surface area contributed by atoms with Gasteiger partial charge >= 0.3 is 0 Å². The van der Waals surface area contributed by atoms with E-state index in [4.69, 9.17) is 16.3 Å². The third-order valence-electron chi connectivity index (χ3n) is 3.24. The molecule has 1 aromatic rings. The van der Waals surface area contributed by atoms with Gasteiger partial charge in [-0.1, -0.05) is 25.0 Å². The maximum atomic E-state index is 5.73. The molecule has 0 aromatic heterocycles. The molecule has 3 heteroatoms. The van der Waals surface area contributed by atoms with Crippen LogP contribution in [-0.4, -0.2) is 19.2 Å². The summed E-state index contributed by atoms with van der Waals surface area (Å²) in [6, 6.07) is 8.69. The Labute approximate surface area is 108 Å². The largest absolute Gasteiger partial charge is 0.492 e. The van der Waals surface area contributed by atoms with Crippen LogP contribution in [0.5, 0.6) is 5.75 Å². The molecule has 0 heterocycles. The molecule has 1 fully saturated rings. The summed E-state index contributed by atoms with van der Waals surface area (Å²) in [7, 11) is 0. The number of benzene rings is 1. The Bertz CT molecular complexity index is 319. The second kappa shape index (κ2) is 6.87. The highest BCUT2D eigenvalue weighted by molar-refractivity contribution is 6.17. The number of alkyl halides is 1. The normalized spacial score (nSPS) is 16.3. The standard InChI is InChI=1S/C14H20ClNO/c15-11-12-5-7-14(8-6-12)17-10-9-16-13-3-1-2-4-13/h5-8,13,16H,1-4,9-11H2. The number of ether oxygens (including phenoxy) is 1. The van der Waals surface area contributed by atoms with Crippen LogP contribution in [0.1, 0.15) is 31.2 Å².